The molecule has 29 heavy (non-hydrogen) atoms. The number of rotatable bonds is 4. The number of hydrogen-bond donors (Lipinski definition) is 2. The van der Waals surface area contributed by atoms with Gasteiger partial charge in [-0.2, -0.15) is 0 Å². The molecule has 156 valence electrons. The molecule has 4 fully saturated rings. The summed E-state index contributed by atoms with van der Waals surface area (Å²) in [7, 11) is 0. The highest BCUT2D eigenvalue weighted by Gasteiger charge is 2.51. The minimum Gasteiger partial charge on any atom is -0.449 e. The summed E-state index contributed by atoms with van der Waals surface area (Å²) >= 11 is 0. The molecule has 6 nitrogen and oxygen atoms in total. The van der Waals surface area contributed by atoms with Crippen LogP contribution in [0, 0.1) is 30.5 Å². The second kappa shape index (κ2) is 7.43. The third-order valence-electron chi connectivity index (χ3n) is 6.71. The van der Waals surface area contributed by atoms with Crippen LogP contribution in [-0.2, 0) is 9.53 Å². The van der Waals surface area contributed by atoms with E-state index < -0.39 is 29.8 Å². The van der Waals surface area contributed by atoms with E-state index in [-0.39, 0.29) is 11.1 Å². The van der Waals surface area contributed by atoms with Gasteiger partial charge in [-0.3, -0.25) is 10.1 Å². The summed E-state index contributed by atoms with van der Waals surface area (Å²) in [5.41, 5.74) is 0.220. The number of imide groups is 1. The molecule has 4 aliphatic carbocycles. The number of ether oxygens (including phenoxy) is 1. The number of aryl methyl sites for hydroxylation is 1. The van der Waals surface area contributed by atoms with Crippen LogP contribution in [0.15, 0.2) is 18.2 Å². The number of hydrogen-bond acceptors (Lipinski definition) is 4. The maximum absolute atomic E-state index is 13.6. The van der Waals surface area contributed by atoms with Crippen LogP contribution < -0.4 is 10.6 Å². The van der Waals surface area contributed by atoms with E-state index >= 15 is 0 Å². The fourth-order valence-electron chi connectivity index (χ4n) is 5.75. The average molecular weight is 402 g/mol. The Hall–Kier alpha value is -2.44. The van der Waals surface area contributed by atoms with Crippen molar-refractivity contribution in [2.75, 3.05) is 0 Å². The SMILES string of the molecule is Cc1ccc(C(=O)O[C@@H](C)C(=O)NC(=O)NC23CC4CC(CC(C4)C2)C3)cc1F. The van der Waals surface area contributed by atoms with Gasteiger partial charge in [-0.05, 0) is 87.8 Å². The van der Waals surface area contributed by atoms with Crippen LogP contribution in [-0.4, -0.2) is 29.6 Å². The highest BCUT2D eigenvalue weighted by atomic mass is 19.1. The highest BCUT2D eigenvalue weighted by molar-refractivity contribution is 5.98. The molecular formula is C22H27FN2O4. The molecule has 0 saturated heterocycles. The molecule has 0 aliphatic heterocycles. The summed E-state index contributed by atoms with van der Waals surface area (Å²) in [6, 6.07) is 3.43. The van der Waals surface area contributed by atoms with Gasteiger partial charge in [-0.1, -0.05) is 6.07 Å². The molecule has 2 N–H and O–H groups in total. The molecule has 1 aromatic rings. The molecule has 0 radical (unpaired) electrons. The van der Waals surface area contributed by atoms with Gasteiger partial charge in [-0.25, -0.2) is 14.0 Å². The number of esters is 1. The van der Waals surface area contributed by atoms with Gasteiger partial charge < -0.3 is 10.1 Å². The standard InChI is InChI=1S/C22H27FN2O4/c1-12-3-4-17(8-18(12)23)20(27)29-13(2)19(26)24-21(28)25-22-9-14-5-15(10-22)7-16(6-14)11-22/h3-4,8,13-16H,5-7,9-11H2,1-2H3,(H2,24,25,26,28)/t13-,14?,15?,16?,22?/m0/s1. The van der Waals surface area contributed by atoms with Crippen molar-refractivity contribution in [2.45, 2.75) is 64.0 Å². The summed E-state index contributed by atoms with van der Waals surface area (Å²) in [5, 5.41) is 5.34. The van der Waals surface area contributed by atoms with E-state index in [1.165, 1.54) is 38.3 Å². The normalized spacial score (nSPS) is 30.5. The van der Waals surface area contributed by atoms with Crippen LogP contribution in [0.2, 0.25) is 0 Å². The van der Waals surface area contributed by atoms with Crippen molar-refractivity contribution >= 4 is 17.9 Å². The van der Waals surface area contributed by atoms with Crippen molar-refractivity contribution in [3.63, 3.8) is 0 Å². The van der Waals surface area contributed by atoms with Gasteiger partial charge in [0.05, 0.1) is 5.56 Å². The lowest BCUT2D eigenvalue weighted by atomic mass is 9.53. The molecule has 4 saturated carbocycles. The Bertz CT molecular complexity index is 818. The van der Waals surface area contributed by atoms with E-state index in [1.54, 1.807) is 6.92 Å². The third-order valence-corrected chi connectivity index (χ3v) is 6.71. The smallest absolute Gasteiger partial charge is 0.339 e. The molecule has 5 rings (SSSR count). The van der Waals surface area contributed by atoms with Gasteiger partial charge in [0, 0.05) is 5.54 Å². The first-order valence-corrected chi connectivity index (χ1v) is 10.3. The van der Waals surface area contributed by atoms with Crippen LogP contribution >= 0.6 is 0 Å². The predicted octanol–water partition coefficient (Wildman–Crippen LogP) is 3.47. The lowest BCUT2D eigenvalue weighted by Gasteiger charge is -2.56. The van der Waals surface area contributed by atoms with Gasteiger partial charge in [-0.15, -0.1) is 0 Å². The van der Waals surface area contributed by atoms with Crippen molar-refractivity contribution in [3.05, 3.63) is 35.1 Å². The Kier molecular flexibility index (Phi) is 5.09. The van der Waals surface area contributed by atoms with E-state index in [0.29, 0.717) is 23.3 Å². The fourth-order valence-corrected chi connectivity index (χ4v) is 5.75. The van der Waals surface area contributed by atoms with Gasteiger partial charge in [0.1, 0.15) is 5.82 Å². The Morgan fingerprint density at radius 2 is 1.69 bits per heavy atom. The van der Waals surface area contributed by atoms with Crippen molar-refractivity contribution in [2.24, 2.45) is 17.8 Å². The number of nitrogens with one attached hydrogen (secondary N) is 2. The van der Waals surface area contributed by atoms with Gasteiger partial charge >= 0.3 is 12.0 Å². The number of benzene rings is 1. The number of halogens is 1. The van der Waals surface area contributed by atoms with Crippen LogP contribution in [0.1, 0.15) is 61.4 Å². The highest BCUT2D eigenvalue weighted by Crippen LogP contribution is 2.55. The third kappa shape index (κ3) is 4.14. The maximum atomic E-state index is 13.6. The second-order valence-electron chi connectivity index (χ2n) is 9.15. The first-order chi connectivity index (χ1) is 13.7. The topological polar surface area (TPSA) is 84.5 Å². The Morgan fingerprint density at radius 1 is 1.10 bits per heavy atom. The Morgan fingerprint density at radius 3 is 2.24 bits per heavy atom. The van der Waals surface area contributed by atoms with Crippen molar-refractivity contribution < 1.29 is 23.5 Å². The van der Waals surface area contributed by atoms with E-state index in [9.17, 15) is 18.8 Å². The fraction of sp³-hybridized carbons (Fsp3) is 0.591. The summed E-state index contributed by atoms with van der Waals surface area (Å²) < 4.78 is 18.7. The lowest BCUT2D eigenvalue weighted by Crippen LogP contribution is -2.62. The zero-order valence-electron chi connectivity index (χ0n) is 16.8. The minimum absolute atomic E-state index is 0.0192. The van der Waals surface area contributed by atoms with E-state index in [1.807, 2.05) is 0 Å². The molecular weight excluding hydrogens is 375 g/mol. The largest absolute Gasteiger partial charge is 0.449 e. The van der Waals surface area contributed by atoms with Gasteiger partial charge in [0.25, 0.3) is 5.91 Å². The minimum atomic E-state index is -1.17. The molecule has 7 heteroatoms. The first kappa shape index (κ1) is 19.9. The molecule has 0 heterocycles. The van der Waals surface area contributed by atoms with Crippen LogP contribution in [0.5, 0.6) is 0 Å². The monoisotopic (exact) mass is 402 g/mol. The number of carbonyl (C=O) groups excluding carboxylic acids is 3. The van der Waals surface area contributed by atoms with Crippen LogP contribution in [0.3, 0.4) is 0 Å². The lowest BCUT2D eigenvalue weighted by molar-refractivity contribution is -0.128. The molecule has 0 unspecified atom stereocenters. The molecule has 0 aromatic heterocycles. The number of amides is 3. The molecule has 4 aliphatic rings. The summed E-state index contributed by atoms with van der Waals surface area (Å²) in [6.45, 7) is 2.97. The number of urea groups is 1. The van der Waals surface area contributed by atoms with Gasteiger partial charge in [0.15, 0.2) is 6.10 Å². The molecule has 1 atom stereocenters. The van der Waals surface area contributed by atoms with Crippen molar-refractivity contribution in [1.29, 1.82) is 0 Å². The first-order valence-electron chi connectivity index (χ1n) is 10.3. The summed E-state index contributed by atoms with van der Waals surface area (Å²) in [4.78, 5) is 36.9. The van der Waals surface area contributed by atoms with Crippen LogP contribution in [0.4, 0.5) is 9.18 Å². The van der Waals surface area contributed by atoms with E-state index in [2.05, 4.69) is 10.6 Å². The quantitative estimate of drug-likeness (QED) is 0.756. The number of carbonyl (C=O) groups is 3. The summed E-state index contributed by atoms with van der Waals surface area (Å²) in [6.07, 6.45) is 5.53. The van der Waals surface area contributed by atoms with E-state index in [4.69, 9.17) is 4.74 Å². The zero-order chi connectivity index (χ0) is 20.8. The average Bonchev–Trinajstić information content (AvgIpc) is 2.62. The second-order valence-corrected chi connectivity index (χ2v) is 9.15. The summed E-state index contributed by atoms with van der Waals surface area (Å²) in [5.74, 6) is -0.0150. The predicted molar refractivity (Wildman–Crippen MR) is 104 cm³/mol. The molecule has 1 aromatic carbocycles. The van der Waals surface area contributed by atoms with Crippen molar-refractivity contribution in [1.82, 2.24) is 10.6 Å². The Labute approximate surface area is 169 Å². The van der Waals surface area contributed by atoms with Gasteiger partial charge in [0.2, 0.25) is 0 Å². The molecule has 0 spiro atoms. The van der Waals surface area contributed by atoms with Crippen LogP contribution in [0.25, 0.3) is 0 Å². The maximum Gasteiger partial charge on any atom is 0.339 e. The Balaban J connectivity index is 1.31. The molecule has 3 amide bonds. The molecule has 4 bridgehead atoms. The van der Waals surface area contributed by atoms with Crippen molar-refractivity contribution in [3.8, 4) is 0 Å². The van der Waals surface area contributed by atoms with E-state index in [0.717, 1.165) is 25.3 Å². The zero-order valence-corrected chi connectivity index (χ0v) is 16.8.